The number of imidazole rings is 1. The summed E-state index contributed by atoms with van der Waals surface area (Å²) in [7, 11) is 3.69. The summed E-state index contributed by atoms with van der Waals surface area (Å²) >= 11 is 0. The molecule has 0 atom stereocenters. The molecular formula is C15H21N5O. The van der Waals surface area contributed by atoms with Gasteiger partial charge in [0.15, 0.2) is 0 Å². The van der Waals surface area contributed by atoms with Crippen LogP contribution in [0, 0.1) is 6.92 Å². The Balaban J connectivity index is 2.17. The molecular weight excluding hydrogens is 266 g/mol. The number of aromatic nitrogens is 3. The van der Waals surface area contributed by atoms with Crippen molar-refractivity contribution in [1.29, 1.82) is 0 Å². The van der Waals surface area contributed by atoms with Crippen LogP contribution in [0.1, 0.15) is 28.8 Å². The molecule has 21 heavy (non-hydrogen) atoms. The van der Waals surface area contributed by atoms with E-state index in [2.05, 4.69) is 15.3 Å². The van der Waals surface area contributed by atoms with Crippen molar-refractivity contribution in [2.75, 3.05) is 18.9 Å². The predicted octanol–water partition coefficient (Wildman–Crippen LogP) is 1.83. The van der Waals surface area contributed by atoms with Crippen molar-refractivity contribution in [2.24, 2.45) is 7.05 Å². The summed E-state index contributed by atoms with van der Waals surface area (Å²) in [4.78, 5) is 22.8. The average Bonchev–Trinajstić information content (AvgIpc) is 2.83. The Morgan fingerprint density at radius 1 is 1.43 bits per heavy atom. The summed E-state index contributed by atoms with van der Waals surface area (Å²) in [5, 5.41) is 3.14. The lowest BCUT2D eigenvalue weighted by atomic mass is 10.2. The van der Waals surface area contributed by atoms with E-state index >= 15 is 0 Å². The summed E-state index contributed by atoms with van der Waals surface area (Å²) in [5.41, 5.74) is 1.46. The van der Waals surface area contributed by atoms with E-state index in [1.807, 2.05) is 31.7 Å². The first-order chi connectivity index (χ1) is 10.0. The Morgan fingerprint density at radius 3 is 2.81 bits per heavy atom. The maximum atomic E-state index is 12.5. The van der Waals surface area contributed by atoms with Crippen molar-refractivity contribution in [3.8, 4) is 0 Å². The van der Waals surface area contributed by atoms with E-state index in [0.29, 0.717) is 12.1 Å². The van der Waals surface area contributed by atoms with Crippen LogP contribution in [-0.2, 0) is 13.6 Å². The second kappa shape index (κ2) is 6.39. The summed E-state index contributed by atoms with van der Waals surface area (Å²) < 4.78 is 1.91. The number of carbonyl (C=O) groups is 1. The Labute approximate surface area is 124 Å². The van der Waals surface area contributed by atoms with E-state index in [9.17, 15) is 4.79 Å². The van der Waals surface area contributed by atoms with Crippen LogP contribution in [0.25, 0.3) is 0 Å². The van der Waals surface area contributed by atoms with Crippen LogP contribution in [0.2, 0.25) is 0 Å². The smallest absolute Gasteiger partial charge is 0.254 e. The Kier molecular flexibility index (Phi) is 4.57. The normalized spacial score (nSPS) is 10.5. The summed E-state index contributed by atoms with van der Waals surface area (Å²) in [6.07, 6.45) is 3.60. The van der Waals surface area contributed by atoms with Crippen molar-refractivity contribution in [3.05, 3.63) is 41.6 Å². The van der Waals surface area contributed by atoms with E-state index in [1.54, 1.807) is 30.3 Å². The van der Waals surface area contributed by atoms with Gasteiger partial charge in [-0.05, 0) is 26.0 Å². The minimum atomic E-state index is -0.0392. The minimum absolute atomic E-state index is 0.0392. The maximum Gasteiger partial charge on any atom is 0.254 e. The van der Waals surface area contributed by atoms with Gasteiger partial charge in [0.05, 0.1) is 6.54 Å². The van der Waals surface area contributed by atoms with Crippen molar-refractivity contribution < 1.29 is 4.79 Å². The average molecular weight is 287 g/mol. The molecule has 1 amide bonds. The van der Waals surface area contributed by atoms with E-state index in [4.69, 9.17) is 0 Å². The number of aryl methyl sites for hydroxylation is 2. The van der Waals surface area contributed by atoms with Crippen LogP contribution < -0.4 is 5.32 Å². The second-order valence-electron chi connectivity index (χ2n) is 5.03. The predicted molar refractivity (Wildman–Crippen MR) is 82.1 cm³/mol. The van der Waals surface area contributed by atoms with E-state index < -0.39 is 0 Å². The summed E-state index contributed by atoms with van der Waals surface area (Å²) in [6, 6.07) is 3.59. The number of nitrogens with zero attached hydrogens (tertiary/aromatic N) is 4. The highest BCUT2D eigenvalue weighted by Crippen LogP contribution is 2.13. The zero-order valence-corrected chi connectivity index (χ0v) is 12.9. The standard InChI is InChI=1S/C15H21N5O/c1-5-16-13-9-12(8-11(2)18-13)15(21)20(4)10-14-17-6-7-19(14)3/h6-9H,5,10H2,1-4H3,(H,16,18). The minimum Gasteiger partial charge on any atom is -0.370 e. The topological polar surface area (TPSA) is 63.1 Å². The molecule has 0 aromatic carbocycles. The van der Waals surface area contributed by atoms with Gasteiger partial charge in [-0.15, -0.1) is 0 Å². The highest BCUT2D eigenvalue weighted by atomic mass is 16.2. The molecule has 0 radical (unpaired) electrons. The first-order valence-corrected chi connectivity index (χ1v) is 6.95. The molecule has 0 aliphatic rings. The molecule has 6 nitrogen and oxygen atoms in total. The third-order valence-electron chi connectivity index (χ3n) is 3.20. The molecule has 2 aromatic rings. The van der Waals surface area contributed by atoms with E-state index in [0.717, 1.165) is 23.9 Å². The monoisotopic (exact) mass is 287 g/mol. The van der Waals surface area contributed by atoms with E-state index in [-0.39, 0.29) is 5.91 Å². The Hall–Kier alpha value is -2.37. The molecule has 0 saturated heterocycles. The molecule has 1 N–H and O–H groups in total. The third kappa shape index (κ3) is 3.59. The van der Waals surface area contributed by atoms with Crippen molar-refractivity contribution in [3.63, 3.8) is 0 Å². The Morgan fingerprint density at radius 2 is 2.19 bits per heavy atom. The molecule has 0 aliphatic heterocycles. The van der Waals surface area contributed by atoms with Gasteiger partial charge < -0.3 is 14.8 Å². The van der Waals surface area contributed by atoms with Gasteiger partial charge in [0.25, 0.3) is 5.91 Å². The van der Waals surface area contributed by atoms with Gasteiger partial charge in [0.1, 0.15) is 11.6 Å². The number of hydrogen-bond acceptors (Lipinski definition) is 4. The van der Waals surface area contributed by atoms with Crippen LogP contribution in [-0.4, -0.2) is 38.9 Å². The lowest BCUT2D eigenvalue weighted by molar-refractivity contribution is 0.0780. The third-order valence-corrected chi connectivity index (χ3v) is 3.20. The fraction of sp³-hybridized carbons (Fsp3) is 0.400. The van der Waals surface area contributed by atoms with Gasteiger partial charge in [0.2, 0.25) is 0 Å². The molecule has 112 valence electrons. The molecule has 0 bridgehead atoms. The van der Waals surface area contributed by atoms with Crippen LogP contribution >= 0.6 is 0 Å². The highest BCUT2D eigenvalue weighted by Gasteiger charge is 2.15. The highest BCUT2D eigenvalue weighted by molar-refractivity contribution is 5.94. The molecule has 6 heteroatoms. The fourth-order valence-corrected chi connectivity index (χ4v) is 2.12. The van der Waals surface area contributed by atoms with Crippen LogP contribution in [0.4, 0.5) is 5.82 Å². The SMILES string of the molecule is CCNc1cc(C(=O)N(C)Cc2nccn2C)cc(C)n1. The largest absolute Gasteiger partial charge is 0.370 e. The molecule has 0 saturated carbocycles. The molecule has 0 unspecified atom stereocenters. The van der Waals surface area contributed by atoms with Gasteiger partial charge in [-0.25, -0.2) is 9.97 Å². The first kappa shape index (κ1) is 15.0. The van der Waals surface area contributed by atoms with Crippen LogP contribution in [0.15, 0.2) is 24.5 Å². The fourth-order valence-electron chi connectivity index (χ4n) is 2.12. The molecule has 0 aliphatic carbocycles. The number of nitrogens with one attached hydrogen (secondary N) is 1. The van der Waals surface area contributed by atoms with Crippen molar-refractivity contribution in [1.82, 2.24) is 19.4 Å². The second-order valence-corrected chi connectivity index (χ2v) is 5.03. The molecule has 2 rings (SSSR count). The summed E-state index contributed by atoms with van der Waals surface area (Å²) in [5.74, 6) is 1.54. The Bertz CT molecular complexity index is 635. The lowest BCUT2D eigenvalue weighted by Crippen LogP contribution is -2.27. The number of carbonyl (C=O) groups excluding carboxylic acids is 1. The first-order valence-electron chi connectivity index (χ1n) is 6.95. The summed E-state index contributed by atoms with van der Waals surface area (Å²) in [6.45, 7) is 5.13. The quantitative estimate of drug-likeness (QED) is 0.911. The zero-order chi connectivity index (χ0) is 15.4. The molecule has 0 spiro atoms. The maximum absolute atomic E-state index is 12.5. The molecule has 2 aromatic heterocycles. The van der Waals surface area contributed by atoms with Gasteiger partial charge >= 0.3 is 0 Å². The van der Waals surface area contributed by atoms with Crippen LogP contribution in [0.5, 0.6) is 0 Å². The van der Waals surface area contributed by atoms with E-state index in [1.165, 1.54) is 0 Å². The molecule has 0 fully saturated rings. The van der Waals surface area contributed by atoms with Gasteiger partial charge in [-0.1, -0.05) is 0 Å². The number of anilines is 1. The number of pyridine rings is 1. The van der Waals surface area contributed by atoms with Gasteiger partial charge in [0, 0.05) is 44.3 Å². The van der Waals surface area contributed by atoms with Gasteiger partial charge in [-0.2, -0.15) is 0 Å². The molecule has 2 heterocycles. The number of hydrogen-bond donors (Lipinski definition) is 1. The van der Waals surface area contributed by atoms with Crippen molar-refractivity contribution >= 4 is 11.7 Å². The number of amides is 1. The van der Waals surface area contributed by atoms with Crippen molar-refractivity contribution in [2.45, 2.75) is 20.4 Å². The van der Waals surface area contributed by atoms with Crippen LogP contribution in [0.3, 0.4) is 0 Å². The number of rotatable bonds is 5. The van der Waals surface area contributed by atoms with Gasteiger partial charge in [-0.3, -0.25) is 4.79 Å². The zero-order valence-electron chi connectivity index (χ0n) is 12.9. The lowest BCUT2D eigenvalue weighted by Gasteiger charge is -2.17.